The van der Waals surface area contributed by atoms with E-state index >= 15 is 0 Å². The number of carbonyl (C=O) groups excluding carboxylic acids is 2. The first kappa shape index (κ1) is 16.0. The SMILES string of the molecule is CC(=O)OC12C=CC=C(CCCCCCCCCC1)C2=O. The minimum absolute atomic E-state index is 0.000512. The monoisotopic (exact) mass is 290 g/mol. The molecule has 0 amide bonds. The van der Waals surface area contributed by atoms with E-state index in [1.165, 1.54) is 39.0 Å². The molecule has 2 aliphatic carbocycles. The zero-order valence-electron chi connectivity index (χ0n) is 13.0. The van der Waals surface area contributed by atoms with Gasteiger partial charge >= 0.3 is 5.97 Å². The van der Waals surface area contributed by atoms with Crippen molar-refractivity contribution >= 4 is 11.8 Å². The molecule has 3 heteroatoms. The third-order valence-electron chi connectivity index (χ3n) is 4.41. The smallest absolute Gasteiger partial charge is 0.303 e. The van der Waals surface area contributed by atoms with E-state index in [-0.39, 0.29) is 11.8 Å². The second-order valence-electron chi connectivity index (χ2n) is 6.19. The van der Waals surface area contributed by atoms with Crippen molar-refractivity contribution < 1.29 is 14.3 Å². The molecule has 0 heterocycles. The number of Topliss-reactive ketones (excluding diaryl/α,β-unsaturated/α-hetero) is 1. The van der Waals surface area contributed by atoms with E-state index in [0.717, 1.165) is 31.3 Å². The Hall–Kier alpha value is -1.38. The van der Waals surface area contributed by atoms with Gasteiger partial charge in [-0.1, -0.05) is 50.7 Å². The normalized spacial score (nSPS) is 27.9. The Kier molecular flexibility index (Phi) is 5.77. The van der Waals surface area contributed by atoms with E-state index in [4.69, 9.17) is 4.74 Å². The van der Waals surface area contributed by atoms with Crippen molar-refractivity contribution in [3.8, 4) is 0 Å². The highest BCUT2D eigenvalue weighted by atomic mass is 16.6. The molecule has 3 nitrogen and oxygen atoms in total. The number of carbonyl (C=O) groups is 2. The molecule has 21 heavy (non-hydrogen) atoms. The van der Waals surface area contributed by atoms with E-state index in [9.17, 15) is 9.59 Å². The summed E-state index contributed by atoms with van der Waals surface area (Å²) in [6, 6.07) is 0. The van der Waals surface area contributed by atoms with Crippen LogP contribution in [0, 0.1) is 0 Å². The lowest BCUT2D eigenvalue weighted by atomic mass is 9.82. The molecule has 0 aromatic heterocycles. The second-order valence-corrected chi connectivity index (χ2v) is 6.19. The van der Waals surface area contributed by atoms with E-state index in [1.54, 1.807) is 6.08 Å². The summed E-state index contributed by atoms with van der Waals surface area (Å²) in [6.45, 7) is 1.38. The van der Waals surface area contributed by atoms with Gasteiger partial charge in [0.1, 0.15) is 0 Å². The summed E-state index contributed by atoms with van der Waals surface area (Å²) in [4.78, 5) is 24.2. The van der Waals surface area contributed by atoms with Crippen LogP contribution < -0.4 is 0 Å². The van der Waals surface area contributed by atoms with Gasteiger partial charge in [0.2, 0.25) is 5.78 Å². The maximum absolute atomic E-state index is 12.8. The van der Waals surface area contributed by atoms with Crippen LogP contribution in [0.3, 0.4) is 0 Å². The number of ether oxygens (including phenoxy) is 1. The van der Waals surface area contributed by atoms with E-state index in [2.05, 4.69) is 0 Å². The molecule has 0 saturated heterocycles. The van der Waals surface area contributed by atoms with Gasteiger partial charge in [-0.3, -0.25) is 9.59 Å². The fourth-order valence-electron chi connectivity index (χ4n) is 3.29. The number of esters is 1. The van der Waals surface area contributed by atoms with Gasteiger partial charge in [-0.2, -0.15) is 0 Å². The number of fused-ring (bicyclic) bond motifs is 2. The van der Waals surface area contributed by atoms with Crippen LogP contribution in [-0.4, -0.2) is 17.4 Å². The molecule has 0 spiro atoms. The van der Waals surface area contributed by atoms with Crippen molar-refractivity contribution in [2.45, 2.75) is 76.7 Å². The lowest BCUT2D eigenvalue weighted by Crippen LogP contribution is -2.43. The Balaban J connectivity index is 2.17. The average Bonchev–Trinajstić information content (AvgIpc) is 2.44. The second kappa shape index (κ2) is 7.58. The van der Waals surface area contributed by atoms with Gasteiger partial charge in [-0.15, -0.1) is 0 Å². The molecule has 0 N–H and O–H groups in total. The van der Waals surface area contributed by atoms with Gasteiger partial charge in [-0.05, 0) is 37.3 Å². The van der Waals surface area contributed by atoms with E-state index in [1.807, 2.05) is 12.2 Å². The van der Waals surface area contributed by atoms with Gasteiger partial charge in [0.15, 0.2) is 5.60 Å². The van der Waals surface area contributed by atoms with Gasteiger partial charge in [-0.25, -0.2) is 0 Å². The Labute approximate surface area is 127 Å². The van der Waals surface area contributed by atoms with Gasteiger partial charge < -0.3 is 4.74 Å². The average molecular weight is 290 g/mol. The molecular weight excluding hydrogens is 264 g/mol. The number of rotatable bonds is 1. The van der Waals surface area contributed by atoms with Gasteiger partial charge in [0.05, 0.1) is 0 Å². The minimum Gasteiger partial charge on any atom is -0.447 e. The first-order valence-corrected chi connectivity index (χ1v) is 8.27. The van der Waals surface area contributed by atoms with Crippen LogP contribution in [0.4, 0.5) is 0 Å². The van der Waals surface area contributed by atoms with Crippen molar-refractivity contribution in [3.05, 3.63) is 23.8 Å². The van der Waals surface area contributed by atoms with Crippen molar-refractivity contribution in [3.63, 3.8) is 0 Å². The predicted molar refractivity (Wildman–Crippen MR) is 82.9 cm³/mol. The maximum atomic E-state index is 12.8. The fraction of sp³-hybridized carbons (Fsp3) is 0.667. The van der Waals surface area contributed by atoms with Crippen molar-refractivity contribution in [1.82, 2.24) is 0 Å². The van der Waals surface area contributed by atoms with Crippen LogP contribution in [0.5, 0.6) is 0 Å². The molecule has 116 valence electrons. The van der Waals surface area contributed by atoms with Crippen LogP contribution in [0.2, 0.25) is 0 Å². The van der Waals surface area contributed by atoms with Crippen LogP contribution in [0.15, 0.2) is 23.8 Å². The Bertz CT molecular complexity index is 447. The number of allylic oxidation sites excluding steroid dienone is 2. The molecule has 1 saturated carbocycles. The first-order chi connectivity index (χ1) is 10.1. The summed E-state index contributed by atoms with van der Waals surface area (Å²) < 4.78 is 5.48. The van der Waals surface area contributed by atoms with Gasteiger partial charge in [0.25, 0.3) is 0 Å². The van der Waals surface area contributed by atoms with Crippen molar-refractivity contribution in [2.75, 3.05) is 0 Å². The Morgan fingerprint density at radius 3 is 2.33 bits per heavy atom. The molecule has 0 aromatic rings. The molecule has 1 unspecified atom stereocenters. The molecule has 0 aromatic carbocycles. The summed E-state index contributed by atoms with van der Waals surface area (Å²) in [5, 5.41) is 0. The third kappa shape index (κ3) is 4.29. The van der Waals surface area contributed by atoms with E-state index in [0.29, 0.717) is 6.42 Å². The Morgan fingerprint density at radius 2 is 1.67 bits per heavy atom. The van der Waals surface area contributed by atoms with Crippen LogP contribution in [0.1, 0.15) is 71.1 Å². The summed E-state index contributed by atoms with van der Waals surface area (Å²) in [7, 11) is 0. The number of hydrogen-bond donors (Lipinski definition) is 0. The highest BCUT2D eigenvalue weighted by Gasteiger charge is 2.41. The van der Waals surface area contributed by atoms with Crippen LogP contribution in [-0.2, 0) is 14.3 Å². The van der Waals surface area contributed by atoms with Crippen LogP contribution in [0.25, 0.3) is 0 Å². The van der Waals surface area contributed by atoms with Gasteiger partial charge in [0, 0.05) is 6.92 Å². The number of hydrogen-bond acceptors (Lipinski definition) is 3. The van der Waals surface area contributed by atoms with Crippen molar-refractivity contribution in [2.24, 2.45) is 0 Å². The molecule has 1 fully saturated rings. The zero-order chi connectivity index (χ0) is 15.1. The Morgan fingerprint density at radius 1 is 1.05 bits per heavy atom. The maximum Gasteiger partial charge on any atom is 0.303 e. The predicted octanol–water partition coefficient (Wildman–Crippen LogP) is 4.27. The molecule has 0 aliphatic heterocycles. The quantitative estimate of drug-likeness (QED) is 0.677. The summed E-state index contributed by atoms with van der Waals surface area (Å²) in [5.41, 5.74) is -0.220. The molecule has 2 rings (SSSR count). The summed E-state index contributed by atoms with van der Waals surface area (Å²) >= 11 is 0. The minimum atomic E-state index is -1.04. The molecule has 2 aliphatic rings. The molecule has 1 atom stereocenters. The molecule has 2 bridgehead atoms. The zero-order valence-corrected chi connectivity index (χ0v) is 13.0. The molecular formula is C18H26O3. The van der Waals surface area contributed by atoms with E-state index < -0.39 is 5.60 Å². The highest BCUT2D eigenvalue weighted by Crippen LogP contribution is 2.32. The fourth-order valence-corrected chi connectivity index (χ4v) is 3.29. The standard InChI is InChI=1S/C18H26O3/c1-15(19)21-18-13-9-7-5-3-2-4-6-8-11-16(17(18)20)12-10-14-18/h10,12,14H,2-9,11,13H2,1H3. The number of ketones is 1. The molecule has 0 radical (unpaired) electrons. The third-order valence-corrected chi connectivity index (χ3v) is 4.41. The highest BCUT2D eigenvalue weighted by molar-refractivity contribution is 6.05. The topological polar surface area (TPSA) is 43.4 Å². The lowest BCUT2D eigenvalue weighted by molar-refractivity contribution is -0.159. The van der Waals surface area contributed by atoms with Crippen LogP contribution >= 0.6 is 0 Å². The summed E-state index contributed by atoms with van der Waals surface area (Å²) in [5.74, 6) is -0.377. The summed E-state index contributed by atoms with van der Waals surface area (Å²) in [6.07, 6.45) is 16.2. The first-order valence-electron chi connectivity index (χ1n) is 8.27. The lowest BCUT2D eigenvalue weighted by Gasteiger charge is -2.31. The largest absolute Gasteiger partial charge is 0.447 e. The van der Waals surface area contributed by atoms with Crippen molar-refractivity contribution in [1.29, 1.82) is 0 Å².